The first-order chi connectivity index (χ1) is 18.8. The minimum Gasteiger partial charge on any atom is -0.497 e. The third-order valence-electron chi connectivity index (χ3n) is 7.22. The van der Waals surface area contributed by atoms with E-state index in [4.69, 9.17) is 10.5 Å². The van der Waals surface area contributed by atoms with Crippen molar-refractivity contribution in [2.75, 3.05) is 39.8 Å². The zero-order valence-corrected chi connectivity index (χ0v) is 21.6. The van der Waals surface area contributed by atoms with Crippen LogP contribution in [0.1, 0.15) is 39.5 Å². The molecule has 11 heteroatoms. The summed E-state index contributed by atoms with van der Waals surface area (Å²) in [6.07, 6.45) is 0.918. The normalized spacial score (nSPS) is 21.8. The lowest BCUT2D eigenvalue weighted by Gasteiger charge is -2.28. The molecular formula is C28H30N6O5. The second-order valence-corrected chi connectivity index (χ2v) is 9.81. The SMILES string of the molecule is COc1ccc2c(c1)C(=O)N(CC1(C#Cc3ccc(C(C(N)=O)N4CCCNCC4)cc3)NC(=O)NC1=O)C2. The largest absolute Gasteiger partial charge is 0.497 e. The van der Waals surface area contributed by atoms with Crippen LogP contribution in [0.4, 0.5) is 4.79 Å². The van der Waals surface area contributed by atoms with Gasteiger partial charge in [-0.1, -0.05) is 30.0 Å². The van der Waals surface area contributed by atoms with Crippen LogP contribution in [-0.4, -0.2) is 78.9 Å². The van der Waals surface area contributed by atoms with Crippen LogP contribution in [0.25, 0.3) is 0 Å². The Morgan fingerprint density at radius 3 is 2.62 bits per heavy atom. The maximum atomic E-state index is 13.1. The number of benzene rings is 2. The van der Waals surface area contributed by atoms with Gasteiger partial charge in [-0.3, -0.25) is 24.6 Å². The highest BCUT2D eigenvalue weighted by molar-refractivity contribution is 6.10. The van der Waals surface area contributed by atoms with E-state index in [-0.39, 0.29) is 19.0 Å². The van der Waals surface area contributed by atoms with Crippen molar-refractivity contribution >= 4 is 23.8 Å². The number of nitrogens with one attached hydrogen (secondary N) is 3. The number of amides is 5. The molecule has 0 bridgehead atoms. The van der Waals surface area contributed by atoms with Crippen molar-refractivity contribution in [1.82, 2.24) is 25.8 Å². The minimum atomic E-state index is -1.62. The van der Waals surface area contributed by atoms with E-state index < -0.39 is 29.4 Å². The molecule has 2 atom stereocenters. The Morgan fingerprint density at radius 1 is 1.13 bits per heavy atom. The second kappa shape index (κ2) is 10.8. The van der Waals surface area contributed by atoms with E-state index in [0.717, 1.165) is 37.2 Å². The van der Waals surface area contributed by atoms with E-state index in [1.54, 1.807) is 42.5 Å². The summed E-state index contributed by atoms with van der Waals surface area (Å²) in [5.41, 5.74) is 6.76. The van der Waals surface area contributed by atoms with Crippen LogP contribution in [-0.2, 0) is 16.1 Å². The molecular weight excluding hydrogens is 500 g/mol. The van der Waals surface area contributed by atoms with Crippen molar-refractivity contribution in [3.63, 3.8) is 0 Å². The van der Waals surface area contributed by atoms with Crippen LogP contribution in [0.3, 0.4) is 0 Å². The van der Waals surface area contributed by atoms with Crippen LogP contribution in [0.5, 0.6) is 5.75 Å². The van der Waals surface area contributed by atoms with Gasteiger partial charge < -0.3 is 26.0 Å². The third kappa shape index (κ3) is 5.30. The van der Waals surface area contributed by atoms with E-state index in [1.165, 1.54) is 12.0 Å². The predicted molar refractivity (Wildman–Crippen MR) is 141 cm³/mol. The molecule has 0 aliphatic carbocycles. The average Bonchev–Trinajstić information content (AvgIpc) is 3.22. The van der Waals surface area contributed by atoms with Crippen LogP contribution in [0.2, 0.25) is 0 Å². The fourth-order valence-electron chi connectivity index (χ4n) is 5.22. The maximum absolute atomic E-state index is 13.1. The summed E-state index contributed by atoms with van der Waals surface area (Å²) in [7, 11) is 1.52. The van der Waals surface area contributed by atoms with E-state index in [1.807, 2.05) is 0 Å². The van der Waals surface area contributed by atoms with Gasteiger partial charge in [0.05, 0.1) is 13.7 Å². The highest BCUT2D eigenvalue weighted by atomic mass is 16.5. The second-order valence-electron chi connectivity index (χ2n) is 9.81. The van der Waals surface area contributed by atoms with Crippen molar-refractivity contribution in [3.05, 3.63) is 64.7 Å². The molecule has 39 heavy (non-hydrogen) atoms. The summed E-state index contributed by atoms with van der Waals surface area (Å²) >= 11 is 0. The van der Waals surface area contributed by atoms with E-state index in [9.17, 15) is 19.2 Å². The number of ether oxygens (including phenoxy) is 1. The number of methoxy groups -OCH3 is 1. The molecule has 2 fully saturated rings. The van der Waals surface area contributed by atoms with Gasteiger partial charge in [-0.05, 0) is 48.4 Å². The first-order valence-corrected chi connectivity index (χ1v) is 12.8. The fourth-order valence-corrected chi connectivity index (χ4v) is 5.22. The number of carbonyl (C=O) groups excluding carboxylic acids is 4. The molecule has 0 spiro atoms. The molecule has 3 aliphatic rings. The summed E-state index contributed by atoms with van der Waals surface area (Å²) in [6.45, 7) is 3.29. The highest BCUT2D eigenvalue weighted by Crippen LogP contribution is 2.28. The molecule has 2 aromatic carbocycles. The number of primary amides is 1. The molecule has 202 valence electrons. The Balaban J connectivity index is 1.37. The van der Waals surface area contributed by atoms with E-state index >= 15 is 0 Å². The van der Waals surface area contributed by atoms with Gasteiger partial charge >= 0.3 is 6.03 Å². The molecule has 5 N–H and O–H groups in total. The molecule has 3 heterocycles. The Labute approximate surface area is 226 Å². The number of nitrogens with two attached hydrogens (primary N) is 1. The van der Waals surface area contributed by atoms with Crippen LogP contribution in [0.15, 0.2) is 42.5 Å². The van der Waals surface area contributed by atoms with E-state index in [0.29, 0.717) is 23.4 Å². The molecule has 11 nitrogen and oxygen atoms in total. The average molecular weight is 531 g/mol. The highest BCUT2D eigenvalue weighted by Gasteiger charge is 2.48. The van der Waals surface area contributed by atoms with Gasteiger partial charge in [-0.25, -0.2) is 4.79 Å². The minimum absolute atomic E-state index is 0.127. The number of hydrogen-bond acceptors (Lipinski definition) is 7. The molecule has 5 rings (SSSR count). The van der Waals surface area contributed by atoms with Crippen LogP contribution in [0, 0.1) is 11.8 Å². The van der Waals surface area contributed by atoms with Gasteiger partial charge in [-0.2, -0.15) is 0 Å². The number of imide groups is 1. The van der Waals surface area contributed by atoms with Gasteiger partial charge in [-0.15, -0.1) is 0 Å². The molecule has 2 saturated heterocycles. The van der Waals surface area contributed by atoms with Crippen molar-refractivity contribution in [2.24, 2.45) is 5.73 Å². The fraction of sp³-hybridized carbons (Fsp3) is 0.357. The van der Waals surface area contributed by atoms with Crippen molar-refractivity contribution in [1.29, 1.82) is 0 Å². The molecule has 3 aliphatic heterocycles. The zero-order chi connectivity index (χ0) is 27.6. The Bertz CT molecular complexity index is 1370. The topological polar surface area (TPSA) is 146 Å². The van der Waals surface area contributed by atoms with Gasteiger partial charge in [0.25, 0.3) is 11.8 Å². The van der Waals surface area contributed by atoms with Gasteiger partial charge in [0.1, 0.15) is 11.8 Å². The van der Waals surface area contributed by atoms with Gasteiger partial charge in [0.15, 0.2) is 0 Å². The lowest BCUT2D eigenvalue weighted by molar-refractivity contribution is -0.123. The quantitative estimate of drug-likeness (QED) is 0.306. The van der Waals surface area contributed by atoms with Crippen molar-refractivity contribution in [2.45, 2.75) is 24.5 Å². The molecule has 0 radical (unpaired) electrons. The van der Waals surface area contributed by atoms with Crippen molar-refractivity contribution in [3.8, 4) is 17.6 Å². The maximum Gasteiger partial charge on any atom is 0.323 e. The number of fused-ring (bicyclic) bond motifs is 1. The lowest BCUT2D eigenvalue weighted by atomic mass is 9.98. The molecule has 0 aromatic heterocycles. The van der Waals surface area contributed by atoms with Crippen molar-refractivity contribution < 1.29 is 23.9 Å². The summed E-state index contributed by atoms with van der Waals surface area (Å²) in [5, 5.41) is 8.17. The first kappa shape index (κ1) is 26.2. The molecule has 2 aromatic rings. The number of urea groups is 1. The summed E-state index contributed by atoms with van der Waals surface area (Å²) < 4.78 is 5.23. The zero-order valence-electron chi connectivity index (χ0n) is 21.6. The van der Waals surface area contributed by atoms with Crippen LogP contribution < -0.4 is 26.4 Å². The summed E-state index contributed by atoms with van der Waals surface area (Å²) in [6, 6.07) is 11.1. The Morgan fingerprint density at radius 2 is 1.92 bits per heavy atom. The molecule has 2 unspecified atom stereocenters. The molecule has 5 amide bonds. The molecule has 0 saturated carbocycles. The summed E-state index contributed by atoms with van der Waals surface area (Å²) in [4.78, 5) is 54.0. The van der Waals surface area contributed by atoms with Gasteiger partial charge in [0.2, 0.25) is 11.4 Å². The predicted octanol–water partition coefficient (Wildman–Crippen LogP) is 0.103. The Hall–Kier alpha value is -4.40. The van der Waals surface area contributed by atoms with E-state index in [2.05, 4.69) is 32.7 Å². The Kier molecular flexibility index (Phi) is 7.24. The standard InChI is InChI=1S/C28H30N6O5/c1-39-21-8-7-20-16-34(25(36)22(20)15-21)17-28(26(37)31-27(38)32-28)10-9-18-3-5-19(6-4-18)23(24(29)35)33-13-2-11-30-12-14-33/h3-8,15,23,30H,2,11-14,16-17H2,1H3,(H2,29,35)(H2,31,32,37,38). The monoisotopic (exact) mass is 530 g/mol. The summed E-state index contributed by atoms with van der Waals surface area (Å²) in [5.74, 6) is 5.11. The smallest absolute Gasteiger partial charge is 0.323 e. The third-order valence-corrected chi connectivity index (χ3v) is 7.22. The lowest BCUT2D eigenvalue weighted by Crippen LogP contribution is -2.54. The van der Waals surface area contributed by atoms with Gasteiger partial charge in [0, 0.05) is 37.3 Å². The number of hydrogen-bond donors (Lipinski definition) is 4. The number of carbonyl (C=O) groups is 4. The number of nitrogens with zero attached hydrogens (tertiary/aromatic N) is 2. The van der Waals surface area contributed by atoms with Crippen LogP contribution >= 0.6 is 0 Å². The first-order valence-electron chi connectivity index (χ1n) is 12.8. The number of rotatable bonds is 6.